The first-order chi connectivity index (χ1) is 14.2. The summed E-state index contributed by atoms with van der Waals surface area (Å²) >= 11 is 0. The van der Waals surface area contributed by atoms with Crippen molar-refractivity contribution in [3.05, 3.63) is 66.2 Å². The third-order valence-electron chi connectivity index (χ3n) is 4.80. The molecule has 0 radical (unpaired) electrons. The topological polar surface area (TPSA) is 112 Å². The Morgan fingerprint density at radius 1 is 1.00 bits per heavy atom. The van der Waals surface area contributed by atoms with Gasteiger partial charge in [-0.2, -0.15) is 5.10 Å². The Balaban J connectivity index is 1.89. The molecule has 4 rings (SSSR count). The lowest BCUT2D eigenvalue weighted by Crippen LogP contribution is -2.25. The van der Waals surface area contributed by atoms with Gasteiger partial charge in [0.05, 0.1) is 11.1 Å². The van der Waals surface area contributed by atoms with Crippen LogP contribution in [-0.2, 0) is 5.54 Å². The van der Waals surface area contributed by atoms with Crippen LogP contribution in [0.5, 0.6) is 0 Å². The standard InChI is InChI=1S/C23H24N6O/c1-23(2,3)29-22(27-18-13-10-14-6-4-5-7-17(14)26-18)19(21(25)30)20(28-29)15-8-11-16(24)12-9-15/h4-13H,24H2,1-3H3,(H2,25,30)(H,26,27). The Labute approximate surface area is 174 Å². The summed E-state index contributed by atoms with van der Waals surface area (Å²) in [4.78, 5) is 17.2. The van der Waals surface area contributed by atoms with Crippen molar-refractivity contribution >= 4 is 34.1 Å². The number of nitrogens with two attached hydrogens (primary N) is 2. The van der Waals surface area contributed by atoms with Crippen molar-refractivity contribution in [2.75, 3.05) is 11.1 Å². The first-order valence-corrected chi connectivity index (χ1v) is 9.66. The molecule has 0 saturated heterocycles. The average molecular weight is 400 g/mol. The number of pyridine rings is 1. The van der Waals surface area contributed by atoms with Crippen molar-refractivity contribution in [1.29, 1.82) is 0 Å². The molecule has 0 aliphatic heterocycles. The summed E-state index contributed by atoms with van der Waals surface area (Å²) in [6, 6.07) is 18.9. The monoisotopic (exact) mass is 400 g/mol. The molecule has 7 heteroatoms. The van der Waals surface area contributed by atoms with Gasteiger partial charge in [-0.1, -0.05) is 30.3 Å². The van der Waals surface area contributed by atoms with Crippen molar-refractivity contribution in [3.63, 3.8) is 0 Å². The van der Waals surface area contributed by atoms with E-state index in [1.54, 1.807) is 16.8 Å². The maximum atomic E-state index is 12.5. The van der Waals surface area contributed by atoms with E-state index in [2.05, 4.69) is 10.3 Å². The molecule has 0 aliphatic carbocycles. The van der Waals surface area contributed by atoms with Crippen molar-refractivity contribution in [1.82, 2.24) is 14.8 Å². The van der Waals surface area contributed by atoms with Crippen molar-refractivity contribution in [2.45, 2.75) is 26.3 Å². The van der Waals surface area contributed by atoms with Gasteiger partial charge in [-0.25, -0.2) is 9.67 Å². The fourth-order valence-electron chi connectivity index (χ4n) is 3.35. The van der Waals surface area contributed by atoms with Crippen LogP contribution in [0, 0.1) is 0 Å². The van der Waals surface area contributed by atoms with Crippen LogP contribution in [0.15, 0.2) is 60.7 Å². The predicted molar refractivity (Wildman–Crippen MR) is 121 cm³/mol. The van der Waals surface area contributed by atoms with Crippen LogP contribution in [0.25, 0.3) is 22.2 Å². The molecule has 0 saturated carbocycles. The molecular weight excluding hydrogens is 376 g/mol. The highest BCUT2D eigenvalue weighted by Gasteiger charge is 2.29. The summed E-state index contributed by atoms with van der Waals surface area (Å²) in [6.07, 6.45) is 0. The molecule has 7 nitrogen and oxygen atoms in total. The van der Waals surface area contributed by atoms with Gasteiger partial charge in [-0.15, -0.1) is 0 Å². The van der Waals surface area contributed by atoms with E-state index in [0.29, 0.717) is 28.6 Å². The normalized spacial score (nSPS) is 11.6. The SMILES string of the molecule is CC(C)(C)n1nc(-c2ccc(N)cc2)c(C(N)=O)c1Nc1ccc2ccccc2n1. The highest BCUT2D eigenvalue weighted by Crippen LogP contribution is 2.34. The number of carbonyl (C=O) groups excluding carboxylic acids is 1. The second-order valence-electron chi connectivity index (χ2n) is 8.16. The highest BCUT2D eigenvalue weighted by molar-refractivity contribution is 6.04. The number of primary amides is 1. The number of hydrogen-bond acceptors (Lipinski definition) is 5. The van der Waals surface area contributed by atoms with E-state index in [-0.39, 0.29) is 0 Å². The molecule has 0 spiro atoms. The van der Waals surface area contributed by atoms with E-state index in [1.165, 1.54) is 0 Å². The van der Waals surface area contributed by atoms with Crippen molar-refractivity contribution in [3.8, 4) is 11.3 Å². The van der Waals surface area contributed by atoms with Crippen LogP contribution in [-0.4, -0.2) is 20.7 Å². The lowest BCUT2D eigenvalue weighted by molar-refractivity contribution is 0.100. The summed E-state index contributed by atoms with van der Waals surface area (Å²) in [5, 5.41) is 9.06. The molecule has 0 fully saturated rings. The minimum Gasteiger partial charge on any atom is -0.399 e. The second-order valence-corrected chi connectivity index (χ2v) is 8.16. The van der Waals surface area contributed by atoms with E-state index >= 15 is 0 Å². The summed E-state index contributed by atoms with van der Waals surface area (Å²) in [6.45, 7) is 6.03. The molecule has 0 aliphatic rings. The largest absolute Gasteiger partial charge is 0.399 e. The second kappa shape index (κ2) is 7.18. The van der Waals surface area contributed by atoms with Gasteiger partial charge in [0.15, 0.2) is 0 Å². The number of fused-ring (bicyclic) bond motifs is 1. The molecule has 2 aromatic carbocycles. The van der Waals surface area contributed by atoms with E-state index < -0.39 is 11.4 Å². The molecule has 2 aromatic heterocycles. The third kappa shape index (κ3) is 3.57. The molecule has 0 atom stereocenters. The minimum atomic E-state index is -0.569. The number of nitrogens with one attached hydrogen (secondary N) is 1. The predicted octanol–water partition coefficient (Wildman–Crippen LogP) is 4.28. The first-order valence-electron chi connectivity index (χ1n) is 9.66. The number of para-hydroxylation sites is 1. The maximum Gasteiger partial charge on any atom is 0.254 e. The number of aromatic nitrogens is 3. The van der Waals surface area contributed by atoms with Crippen LogP contribution in [0.2, 0.25) is 0 Å². The average Bonchev–Trinajstić information content (AvgIpc) is 3.08. The van der Waals surface area contributed by atoms with Gasteiger partial charge in [-0.05, 0) is 51.1 Å². The molecule has 5 N–H and O–H groups in total. The number of anilines is 3. The molecule has 0 bridgehead atoms. The Morgan fingerprint density at radius 2 is 1.70 bits per heavy atom. The molecular formula is C23H24N6O. The highest BCUT2D eigenvalue weighted by atomic mass is 16.1. The summed E-state index contributed by atoms with van der Waals surface area (Å²) in [7, 11) is 0. The molecule has 2 heterocycles. The third-order valence-corrected chi connectivity index (χ3v) is 4.80. The molecule has 0 unspecified atom stereocenters. The first kappa shape index (κ1) is 19.4. The zero-order valence-corrected chi connectivity index (χ0v) is 17.2. The zero-order valence-electron chi connectivity index (χ0n) is 17.2. The molecule has 30 heavy (non-hydrogen) atoms. The quantitative estimate of drug-likeness (QED) is 0.443. The fraction of sp³-hybridized carbons (Fsp3) is 0.174. The van der Waals surface area contributed by atoms with E-state index in [1.807, 2.05) is 69.3 Å². The van der Waals surface area contributed by atoms with Crippen molar-refractivity contribution in [2.24, 2.45) is 5.73 Å². The number of hydrogen-bond donors (Lipinski definition) is 3. The van der Waals surface area contributed by atoms with Gasteiger partial charge in [0.25, 0.3) is 5.91 Å². The number of rotatable bonds is 4. The Bertz CT molecular complexity index is 1240. The van der Waals surface area contributed by atoms with Gasteiger partial charge in [0.1, 0.15) is 22.9 Å². The van der Waals surface area contributed by atoms with Gasteiger partial charge in [-0.3, -0.25) is 4.79 Å². The lowest BCUT2D eigenvalue weighted by atomic mass is 10.1. The smallest absolute Gasteiger partial charge is 0.254 e. The molecule has 152 valence electrons. The van der Waals surface area contributed by atoms with Crippen LogP contribution < -0.4 is 16.8 Å². The Kier molecular flexibility index (Phi) is 4.66. The Hall–Kier alpha value is -3.87. The van der Waals surface area contributed by atoms with E-state index in [9.17, 15) is 4.79 Å². The minimum absolute atomic E-state index is 0.310. The van der Waals surface area contributed by atoms with Gasteiger partial charge in [0, 0.05) is 16.6 Å². The zero-order chi connectivity index (χ0) is 21.5. The molecule has 4 aromatic rings. The van der Waals surface area contributed by atoms with Crippen LogP contribution in [0.3, 0.4) is 0 Å². The van der Waals surface area contributed by atoms with E-state index in [0.717, 1.165) is 16.5 Å². The summed E-state index contributed by atoms with van der Waals surface area (Å²) in [5.41, 5.74) is 14.3. The lowest BCUT2D eigenvalue weighted by Gasteiger charge is -2.23. The maximum absolute atomic E-state index is 12.5. The number of amides is 1. The molecule has 1 amide bonds. The van der Waals surface area contributed by atoms with Gasteiger partial charge in [0.2, 0.25) is 0 Å². The summed E-state index contributed by atoms with van der Waals surface area (Å²) in [5.74, 6) is 0.538. The van der Waals surface area contributed by atoms with Crippen LogP contribution in [0.1, 0.15) is 31.1 Å². The van der Waals surface area contributed by atoms with Gasteiger partial charge >= 0.3 is 0 Å². The number of nitrogens with zero attached hydrogens (tertiary/aromatic N) is 3. The van der Waals surface area contributed by atoms with Crippen molar-refractivity contribution < 1.29 is 4.79 Å². The number of benzene rings is 2. The van der Waals surface area contributed by atoms with Crippen LogP contribution in [0.4, 0.5) is 17.3 Å². The Morgan fingerprint density at radius 3 is 2.37 bits per heavy atom. The summed E-state index contributed by atoms with van der Waals surface area (Å²) < 4.78 is 1.77. The number of carbonyl (C=O) groups is 1. The van der Waals surface area contributed by atoms with Crippen LogP contribution >= 0.6 is 0 Å². The van der Waals surface area contributed by atoms with E-state index in [4.69, 9.17) is 16.6 Å². The van der Waals surface area contributed by atoms with Gasteiger partial charge < -0.3 is 16.8 Å². The number of nitrogen functional groups attached to an aromatic ring is 1. The fourth-order valence-corrected chi connectivity index (χ4v) is 3.35.